The van der Waals surface area contributed by atoms with Gasteiger partial charge in [-0.05, 0) is 36.2 Å². The number of piperazine rings is 1. The molecule has 0 saturated carbocycles. The maximum atomic E-state index is 6.14. The van der Waals surface area contributed by atoms with Gasteiger partial charge in [-0.15, -0.1) is 0 Å². The Kier molecular flexibility index (Phi) is 4.54. The minimum Gasteiger partial charge on any atom is -0.314 e. The Morgan fingerprint density at radius 2 is 2.24 bits per heavy atom. The molecular formula is C17H20ClN3. The summed E-state index contributed by atoms with van der Waals surface area (Å²) in [5, 5.41) is 4.27. The van der Waals surface area contributed by atoms with Gasteiger partial charge in [0.05, 0.1) is 5.69 Å². The summed E-state index contributed by atoms with van der Waals surface area (Å²) in [6.07, 6.45) is 1.94. The van der Waals surface area contributed by atoms with E-state index in [0.29, 0.717) is 6.04 Å². The molecule has 0 radical (unpaired) electrons. The monoisotopic (exact) mass is 301 g/mol. The average Bonchev–Trinajstić information content (AvgIpc) is 2.50. The van der Waals surface area contributed by atoms with Crippen molar-refractivity contribution < 1.29 is 0 Å². The second kappa shape index (κ2) is 6.56. The van der Waals surface area contributed by atoms with Crippen molar-refractivity contribution >= 4 is 11.6 Å². The summed E-state index contributed by atoms with van der Waals surface area (Å²) in [5.74, 6) is 0. The SMILES string of the molecule is Cc1ccc(CN2CCNCC2c2cccc(Cl)c2)nc1. The lowest BCUT2D eigenvalue weighted by Crippen LogP contribution is -2.45. The fourth-order valence-electron chi connectivity index (χ4n) is 2.78. The first kappa shape index (κ1) is 14.5. The van der Waals surface area contributed by atoms with Crippen LogP contribution in [0.25, 0.3) is 0 Å². The van der Waals surface area contributed by atoms with Crippen molar-refractivity contribution in [1.29, 1.82) is 0 Å². The zero-order chi connectivity index (χ0) is 14.7. The van der Waals surface area contributed by atoms with Crippen molar-refractivity contribution in [2.24, 2.45) is 0 Å². The molecule has 3 nitrogen and oxygen atoms in total. The van der Waals surface area contributed by atoms with Crippen LogP contribution in [-0.2, 0) is 6.54 Å². The summed E-state index contributed by atoms with van der Waals surface area (Å²) in [6.45, 7) is 5.93. The Bertz CT molecular complexity index is 597. The smallest absolute Gasteiger partial charge is 0.0544 e. The number of halogens is 1. The summed E-state index contributed by atoms with van der Waals surface area (Å²) in [6, 6.07) is 12.8. The van der Waals surface area contributed by atoms with E-state index >= 15 is 0 Å². The van der Waals surface area contributed by atoms with Crippen LogP contribution < -0.4 is 5.32 Å². The van der Waals surface area contributed by atoms with Gasteiger partial charge < -0.3 is 5.32 Å². The number of rotatable bonds is 3. The minimum absolute atomic E-state index is 0.348. The highest BCUT2D eigenvalue weighted by Gasteiger charge is 2.24. The molecule has 1 unspecified atom stereocenters. The molecule has 1 fully saturated rings. The number of hydrogen-bond donors (Lipinski definition) is 1. The standard InChI is InChI=1S/C17H20ClN3/c1-13-5-6-16(20-10-13)12-21-8-7-19-11-17(21)14-3-2-4-15(18)9-14/h2-6,9-10,17,19H,7-8,11-12H2,1H3. The Labute approximate surface area is 131 Å². The van der Waals surface area contributed by atoms with Gasteiger partial charge in [0, 0.05) is 43.4 Å². The van der Waals surface area contributed by atoms with Gasteiger partial charge in [0.2, 0.25) is 0 Å². The molecule has 110 valence electrons. The Balaban J connectivity index is 1.79. The van der Waals surface area contributed by atoms with Crippen LogP contribution in [0.2, 0.25) is 5.02 Å². The van der Waals surface area contributed by atoms with E-state index in [2.05, 4.69) is 46.4 Å². The van der Waals surface area contributed by atoms with Crippen LogP contribution in [-0.4, -0.2) is 29.5 Å². The largest absolute Gasteiger partial charge is 0.314 e. The van der Waals surface area contributed by atoms with Crippen LogP contribution in [0, 0.1) is 6.92 Å². The number of nitrogens with one attached hydrogen (secondary N) is 1. The lowest BCUT2D eigenvalue weighted by atomic mass is 10.0. The number of pyridine rings is 1. The molecule has 1 saturated heterocycles. The zero-order valence-electron chi connectivity index (χ0n) is 12.2. The normalized spacial score (nSPS) is 19.6. The molecule has 0 aliphatic carbocycles. The van der Waals surface area contributed by atoms with Gasteiger partial charge in [0.1, 0.15) is 0 Å². The number of aromatic nitrogens is 1. The van der Waals surface area contributed by atoms with E-state index in [-0.39, 0.29) is 0 Å². The molecule has 1 aromatic heterocycles. The predicted molar refractivity (Wildman–Crippen MR) is 86.4 cm³/mol. The number of nitrogens with zero attached hydrogens (tertiary/aromatic N) is 2. The molecule has 4 heteroatoms. The van der Waals surface area contributed by atoms with Crippen molar-refractivity contribution in [3.8, 4) is 0 Å². The molecule has 21 heavy (non-hydrogen) atoms. The highest BCUT2D eigenvalue weighted by molar-refractivity contribution is 6.30. The first-order valence-corrected chi connectivity index (χ1v) is 7.72. The third-order valence-electron chi connectivity index (χ3n) is 3.93. The van der Waals surface area contributed by atoms with Crippen molar-refractivity contribution in [1.82, 2.24) is 15.2 Å². The summed E-state index contributed by atoms with van der Waals surface area (Å²) in [4.78, 5) is 7.00. The van der Waals surface area contributed by atoms with Crippen LogP contribution in [0.15, 0.2) is 42.6 Å². The lowest BCUT2D eigenvalue weighted by Gasteiger charge is -2.36. The third kappa shape index (κ3) is 3.62. The summed E-state index contributed by atoms with van der Waals surface area (Å²) >= 11 is 6.14. The summed E-state index contributed by atoms with van der Waals surface area (Å²) < 4.78 is 0. The molecular weight excluding hydrogens is 282 g/mol. The minimum atomic E-state index is 0.348. The fourth-order valence-corrected chi connectivity index (χ4v) is 2.98. The van der Waals surface area contributed by atoms with Gasteiger partial charge in [-0.2, -0.15) is 0 Å². The van der Waals surface area contributed by atoms with E-state index in [1.807, 2.05) is 18.3 Å². The van der Waals surface area contributed by atoms with E-state index in [1.165, 1.54) is 11.1 Å². The van der Waals surface area contributed by atoms with Gasteiger partial charge >= 0.3 is 0 Å². The highest BCUT2D eigenvalue weighted by Crippen LogP contribution is 2.25. The van der Waals surface area contributed by atoms with E-state index in [9.17, 15) is 0 Å². The molecule has 2 aromatic rings. The molecule has 2 heterocycles. The fraction of sp³-hybridized carbons (Fsp3) is 0.353. The second-order valence-corrected chi connectivity index (χ2v) is 6.01. The maximum absolute atomic E-state index is 6.14. The molecule has 3 rings (SSSR count). The van der Waals surface area contributed by atoms with Crippen LogP contribution in [0.5, 0.6) is 0 Å². The van der Waals surface area contributed by atoms with Crippen LogP contribution in [0.1, 0.15) is 22.9 Å². The first-order chi connectivity index (χ1) is 10.2. The van der Waals surface area contributed by atoms with Crippen molar-refractivity contribution in [3.63, 3.8) is 0 Å². The van der Waals surface area contributed by atoms with E-state index in [4.69, 9.17) is 11.6 Å². The Hall–Kier alpha value is -1.42. The maximum Gasteiger partial charge on any atom is 0.0544 e. The van der Waals surface area contributed by atoms with E-state index in [0.717, 1.165) is 36.9 Å². The van der Waals surface area contributed by atoms with Crippen LogP contribution in [0.3, 0.4) is 0 Å². The Morgan fingerprint density at radius 3 is 3.00 bits per heavy atom. The predicted octanol–water partition coefficient (Wildman–Crippen LogP) is 3.19. The highest BCUT2D eigenvalue weighted by atomic mass is 35.5. The topological polar surface area (TPSA) is 28.2 Å². The summed E-state index contributed by atoms with van der Waals surface area (Å²) in [7, 11) is 0. The van der Waals surface area contributed by atoms with Crippen LogP contribution in [0.4, 0.5) is 0 Å². The lowest BCUT2D eigenvalue weighted by molar-refractivity contribution is 0.152. The molecule has 1 atom stereocenters. The molecule has 0 spiro atoms. The van der Waals surface area contributed by atoms with Crippen molar-refractivity contribution in [3.05, 3.63) is 64.4 Å². The summed E-state index contributed by atoms with van der Waals surface area (Å²) in [5.41, 5.74) is 3.58. The third-order valence-corrected chi connectivity index (χ3v) is 4.16. The average molecular weight is 302 g/mol. The molecule has 1 N–H and O–H groups in total. The molecule has 1 aromatic carbocycles. The van der Waals surface area contributed by atoms with Crippen molar-refractivity contribution in [2.45, 2.75) is 19.5 Å². The molecule has 1 aliphatic rings. The number of benzene rings is 1. The van der Waals surface area contributed by atoms with Gasteiger partial charge in [-0.25, -0.2) is 0 Å². The molecule has 0 bridgehead atoms. The van der Waals surface area contributed by atoms with Gasteiger partial charge in [-0.3, -0.25) is 9.88 Å². The Morgan fingerprint density at radius 1 is 1.33 bits per heavy atom. The van der Waals surface area contributed by atoms with Gasteiger partial charge in [0.25, 0.3) is 0 Å². The zero-order valence-corrected chi connectivity index (χ0v) is 13.0. The van der Waals surface area contributed by atoms with E-state index < -0.39 is 0 Å². The second-order valence-electron chi connectivity index (χ2n) is 5.57. The molecule has 0 amide bonds. The van der Waals surface area contributed by atoms with Crippen molar-refractivity contribution in [2.75, 3.05) is 19.6 Å². The first-order valence-electron chi connectivity index (χ1n) is 7.34. The van der Waals surface area contributed by atoms with Gasteiger partial charge in [0.15, 0.2) is 0 Å². The van der Waals surface area contributed by atoms with Crippen LogP contribution >= 0.6 is 11.6 Å². The number of aryl methyl sites for hydroxylation is 1. The number of hydrogen-bond acceptors (Lipinski definition) is 3. The quantitative estimate of drug-likeness (QED) is 0.944. The van der Waals surface area contributed by atoms with Gasteiger partial charge in [-0.1, -0.05) is 29.8 Å². The van der Waals surface area contributed by atoms with E-state index in [1.54, 1.807) is 0 Å². The molecule has 1 aliphatic heterocycles.